The van der Waals surface area contributed by atoms with Crippen molar-refractivity contribution in [3.63, 3.8) is 0 Å². The molecular formula is C16H18N2O3. The van der Waals surface area contributed by atoms with Crippen LogP contribution in [0, 0.1) is 0 Å². The fraction of sp³-hybridized carbons (Fsp3) is 0.312. The molecule has 0 unspecified atom stereocenters. The van der Waals surface area contributed by atoms with Crippen LogP contribution in [0.5, 0.6) is 0 Å². The smallest absolute Gasteiger partial charge is 0.303 e. The second-order valence-electron chi connectivity index (χ2n) is 4.83. The van der Waals surface area contributed by atoms with Crippen molar-refractivity contribution in [2.45, 2.75) is 32.2 Å². The lowest BCUT2D eigenvalue weighted by Crippen LogP contribution is -2.25. The molecular weight excluding hydrogens is 268 g/mol. The SMILES string of the molecule is C=CCCn1c(CCCC(=O)O)nc2ccccc2c1=O. The molecule has 0 radical (unpaired) electrons. The van der Waals surface area contributed by atoms with Gasteiger partial charge in [0.15, 0.2) is 0 Å². The van der Waals surface area contributed by atoms with Crippen LogP contribution in [0.15, 0.2) is 41.7 Å². The largest absolute Gasteiger partial charge is 0.481 e. The number of hydrogen-bond acceptors (Lipinski definition) is 3. The van der Waals surface area contributed by atoms with Gasteiger partial charge in [-0.2, -0.15) is 0 Å². The zero-order valence-electron chi connectivity index (χ0n) is 11.8. The molecule has 1 aromatic carbocycles. The zero-order chi connectivity index (χ0) is 15.2. The van der Waals surface area contributed by atoms with Crippen LogP contribution in [-0.2, 0) is 17.8 Å². The summed E-state index contributed by atoms with van der Waals surface area (Å²) in [6.07, 6.45) is 3.44. The molecule has 1 N–H and O–H groups in total. The molecule has 0 fully saturated rings. The number of para-hydroxylation sites is 1. The molecule has 110 valence electrons. The Morgan fingerprint density at radius 1 is 1.38 bits per heavy atom. The molecule has 5 heteroatoms. The highest BCUT2D eigenvalue weighted by atomic mass is 16.4. The third kappa shape index (κ3) is 3.56. The molecule has 0 spiro atoms. The Bertz CT molecular complexity index is 719. The van der Waals surface area contributed by atoms with E-state index in [2.05, 4.69) is 11.6 Å². The van der Waals surface area contributed by atoms with Gasteiger partial charge in [0, 0.05) is 19.4 Å². The van der Waals surface area contributed by atoms with Gasteiger partial charge in [-0.15, -0.1) is 6.58 Å². The third-order valence-corrected chi connectivity index (χ3v) is 3.29. The van der Waals surface area contributed by atoms with E-state index in [1.165, 1.54) is 0 Å². The van der Waals surface area contributed by atoms with Gasteiger partial charge >= 0.3 is 5.97 Å². The minimum atomic E-state index is -0.837. The van der Waals surface area contributed by atoms with Crippen LogP contribution in [0.1, 0.15) is 25.1 Å². The van der Waals surface area contributed by atoms with E-state index >= 15 is 0 Å². The topological polar surface area (TPSA) is 72.2 Å². The average Bonchev–Trinajstić information content (AvgIpc) is 2.46. The Morgan fingerprint density at radius 3 is 2.86 bits per heavy atom. The number of hydrogen-bond donors (Lipinski definition) is 1. The minimum absolute atomic E-state index is 0.0736. The maximum Gasteiger partial charge on any atom is 0.303 e. The molecule has 0 aliphatic carbocycles. The fourth-order valence-corrected chi connectivity index (χ4v) is 2.25. The second-order valence-corrected chi connectivity index (χ2v) is 4.83. The van der Waals surface area contributed by atoms with E-state index in [1.54, 1.807) is 22.8 Å². The summed E-state index contributed by atoms with van der Waals surface area (Å²) in [6.45, 7) is 4.19. The molecule has 0 atom stereocenters. The molecule has 0 aliphatic heterocycles. The van der Waals surface area contributed by atoms with E-state index in [-0.39, 0.29) is 12.0 Å². The molecule has 0 saturated carbocycles. The Labute approximate surface area is 122 Å². The van der Waals surface area contributed by atoms with Gasteiger partial charge < -0.3 is 5.11 Å². The van der Waals surface area contributed by atoms with E-state index in [0.717, 1.165) is 0 Å². The number of aromatic nitrogens is 2. The first-order valence-electron chi connectivity index (χ1n) is 6.94. The van der Waals surface area contributed by atoms with E-state index in [9.17, 15) is 9.59 Å². The molecule has 2 rings (SSSR count). The number of nitrogens with zero attached hydrogens (tertiary/aromatic N) is 2. The van der Waals surface area contributed by atoms with Gasteiger partial charge in [0.1, 0.15) is 5.82 Å². The minimum Gasteiger partial charge on any atom is -0.481 e. The number of aliphatic carboxylic acids is 1. The Morgan fingerprint density at radius 2 is 2.14 bits per heavy atom. The highest BCUT2D eigenvalue weighted by Crippen LogP contribution is 2.10. The summed E-state index contributed by atoms with van der Waals surface area (Å²) >= 11 is 0. The van der Waals surface area contributed by atoms with E-state index in [4.69, 9.17) is 5.11 Å². The van der Waals surface area contributed by atoms with Crippen molar-refractivity contribution >= 4 is 16.9 Å². The number of carbonyl (C=O) groups is 1. The number of carboxylic acid groups (broad SMARTS) is 1. The number of aryl methyl sites for hydroxylation is 1. The molecule has 0 bridgehead atoms. The van der Waals surface area contributed by atoms with Crippen LogP contribution in [0.2, 0.25) is 0 Å². The predicted molar refractivity (Wildman–Crippen MR) is 81.4 cm³/mol. The lowest BCUT2D eigenvalue weighted by Gasteiger charge is -2.12. The van der Waals surface area contributed by atoms with Crippen molar-refractivity contribution in [2.75, 3.05) is 0 Å². The number of benzene rings is 1. The van der Waals surface area contributed by atoms with Crippen molar-refractivity contribution in [3.05, 3.63) is 53.1 Å². The molecule has 1 heterocycles. The van der Waals surface area contributed by atoms with Gasteiger partial charge in [-0.25, -0.2) is 4.98 Å². The van der Waals surface area contributed by atoms with E-state index in [0.29, 0.717) is 42.5 Å². The van der Waals surface area contributed by atoms with Gasteiger partial charge in [0.05, 0.1) is 10.9 Å². The van der Waals surface area contributed by atoms with Crippen LogP contribution in [0.3, 0.4) is 0 Å². The van der Waals surface area contributed by atoms with Gasteiger partial charge in [-0.1, -0.05) is 18.2 Å². The first-order chi connectivity index (χ1) is 10.1. The maximum absolute atomic E-state index is 12.5. The van der Waals surface area contributed by atoms with Gasteiger partial charge in [0.25, 0.3) is 5.56 Å². The summed E-state index contributed by atoms with van der Waals surface area (Å²) in [6, 6.07) is 7.21. The van der Waals surface area contributed by atoms with Crippen LogP contribution in [0.25, 0.3) is 10.9 Å². The molecule has 0 saturated heterocycles. The van der Waals surface area contributed by atoms with Crippen LogP contribution < -0.4 is 5.56 Å². The second kappa shape index (κ2) is 6.83. The summed E-state index contributed by atoms with van der Waals surface area (Å²) < 4.78 is 1.63. The van der Waals surface area contributed by atoms with Crippen LogP contribution in [0.4, 0.5) is 0 Å². The quantitative estimate of drug-likeness (QED) is 0.793. The first-order valence-corrected chi connectivity index (χ1v) is 6.94. The van der Waals surface area contributed by atoms with Gasteiger partial charge in [-0.3, -0.25) is 14.2 Å². The fourth-order valence-electron chi connectivity index (χ4n) is 2.25. The third-order valence-electron chi connectivity index (χ3n) is 3.29. The highest BCUT2D eigenvalue weighted by Gasteiger charge is 2.10. The number of carboxylic acids is 1. The standard InChI is InChI=1S/C16H18N2O3/c1-2-3-11-18-14(9-6-10-15(19)20)17-13-8-5-4-7-12(13)16(18)21/h2,4-5,7-8H,1,3,6,9-11H2,(H,19,20). The number of fused-ring (bicyclic) bond motifs is 1. The van der Waals surface area contributed by atoms with Crippen molar-refractivity contribution < 1.29 is 9.90 Å². The molecule has 0 aliphatic rings. The summed E-state index contributed by atoms with van der Waals surface area (Å²) in [5, 5.41) is 9.31. The van der Waals surface area contributed by atoms with Crippen LogP contribution in [-0.4, -0.2) is 20.6 Å². The number of rotatable bonds is 7. The van der Waals surface area contributed by atoms with Crippen molar-refractivity contribution in [1.82, 2.24) is 9.55 Å². The molecule has 21 heavy (non-hydrogen) atoms. The van der Waals surface area contributed by atoms with Gasteiger partial charge in [-0.05, 0) is 25.0 Å². The molecule has 2 aromatic rings. The van der Waals surface area contributed by atoms with Crippen LogP contribution >= 0.6 is 0 Å². The molecule has 1 aromatic heterocycles. The first kappa shape index (κ1) is 15.0. The Kier molecular flexibility index (Phi) is 4.87. The zero-order valence-corrected chi connectivity index (χ0v) is 11.8. The predicted octanol–water partition coefficient (Wildman–Crippen LogP) is 2.38. The van der Waals surface area contributed by atoms with Crippen molar-refractivity contribution in [2.24, 2.45) is 0 Å². The highest BCUT2D eigenvalue weighted by molar-refractivity contribution is 5.77. The molecule has 5 nitrogen and oxygen atoms in total. The normalized spacial score (nSPS) is 10.7. The van der Waals surface area contributed by atoms with Crippen molar-refractivity contribution in [3.8, 4) is 0 Å². The summed E-state index contributed by atoms with van der Waals surface area (Å²) in [5.74, 6) is -0.197. The Balaban J connectivity index is 2.41. The lowest BCUT2D eigenvalue weighted by molar-refractivity contribution is -0.137. The molecule has 0 amide bonds. The summed E-state index contributed by atoms with van der Waals surface area (Å²) in [4.78, 5) is 27.7. The number of allylic oxidation sites excluding steroid dienone is 1. The van der Waals surface area contributed by atoms with Gasteiger partial charge in [0.2, 0.25) is 0 Å². The van der Waals surface area contributed by atoms with E-state index in [1.807, 2.05) is 12.1 Å². The average molecular weight is 286 g/mol. The Hall–Kier alpha value is -2.43. The summed E-state index contributed by atoms with van der Waals surface area (Å²) in [7, 11) is 0. The van der Waals surface area contributed by atoms with E-state index < -0.39 is 5.97 Å². The lowest BCUT2D eigenvalue weighted by atomic mass is 10.2. The summed E-state index contributed by atoms with van der Waals surface area (Å²) in [5.41, 5.74) is 0.579. The maximum atomic E-state index is 12.5. The van der Waals surface area contributed by atoms with Crippen molar-refractivity contribution in [1.29, 1.82) is 0 Å². The monoisotopic (exact) mass is 286 g/mol.